The van der Waals surface area contributed by atoms with Crippen LogP contribution in [0.2, 0.25) is 0 Å². The van der Waals surface area contributed by atoms with E-state index in [9.17, 15) is 4.79 Å². The molecule has 3 aromatic rings. The maximum absolute atomic E-state index is 12.3. The zero-order chi connectivity index (χ0) is 19.6. The molecule has 0 aliphatic heterocycles. The molecular weight excluding hydrogens is 352 g/mol. The molecule has 5 nitrogen and oxygen atoms in total. The largest absolute Gasteiger partial charge is 0.494 e. The van der Waals surface area contributed by atoms with Crippen LogP contribution in [0, 0.1) is 0 Å². The number of unbranched alkanes of at least 4 members (excludes halogenated alkanes) is 1. The number of rotatable bonds is 8. The Labute approximate surface area is 164 Å². The van der Waals surface area contributed by atoms with Gasteiger partial charge in [-0.1, -0.05) is 13.3 Å². The smallest absolute Gasteiger partial charge is 0.343 e. The van der Waals surface area contributed by atoms with Crippen molar-refractivity contribution in [3.05, 3.63) is 84.2 Å². The average Bonchev–Trinajstić information content (AvgIpc) is 2.75. The number of benzene rings is 2. The highest BCUT2D eigenvalue weighted by Crippen LogP contribution is 2.20. The summed E-state index contributed by atoms with van der Waals surface area (Å²) < 4.78 is 11.0. The van der Waals surface area contributed by atoms with Gasteiger partial charge in [-0.25, -0.2) is 4.79 Å². The molecule has 1 aromatic heterocycles. The Balaban J connectivity index is 1.56. The SMILES string of the molecule is CCCCOc1ccc(C(=O)Oc2ccc(N=Cc3ccncc3)cc2)cc1. The van der Waals surface area contributed by atoms with Crippen LogP contribution in [-0.4, -0.2) is 23.8 Å². The Bertz CT molecular complexity index is 905. The van der Waals surface area contributed by atoms with Gasteiger partial charge < -0.3 is 9.47 Å². The quantitative estimate of drug-likeness (QED) is 0.234. The number of ether oxygens (including phenoxy) is 2. The number of hydrogen-bond donors (Lipinski definition) is 0. The number of esters is 1. The summed E-state index contributed by atoms with van der Waals surface area (Å²) in [6, 6.07) is 17.8. The van der Waals surface area contributed by atoms with Crippen molar-refractivity contribution in [3.8, 4) is 11.5 Å². The van der Waals surface area contributed by atoms with Gasteiger partial charge in [0, 0.05) is 18.6 Å². The highest BCUT2D eigenvalue weighted by molar-refractivity contribution is 5.91. The van der Waals surface area contributed by atoms with Crippen molar-refractivity contribution in [2.24, 2.45) is 4.99 Å². The molecule has 0 saturated heterocycles. The van der Waals surface area contributed by atoms with E-state index >= 15 is 0 Å². The van der Waals surface area contributed by atoms with Crippen molar-refractivity contribution in [1.82, 2.24) is 4.98 Å². The Morgan fingerprint density at radius 3 is 2.32 bits per heavy atom. The van der Waals surface area contributed by atoms with E-state index in [2.05, 4.69) is 16.9 Å². The van der Waals surface area contributed by atoms with E-state index in [0.717, 1.165) is 29.8 Å². The molecule has 2 aromatic carbocycles. The summed E-state index contributed by atoms with van der Waals surface area (Å²) >= 11 is 0. The normalized spacial score (nSPS) is 10.8. The van der Waals surface area contributed by atoms with Gasteiger partial charge in [0.15, 0.2) is 0 Å². The predicted octanol–water partition coefficient (Wildman–Crippen LogP) is 5.23. The highest BCUT2D eigenvalue weighted by Gasteiger charge is 2.09. The number of carbonyl (C=O) groups is 1. The molecule has 0 bridgehead atoms. The average molecular weight is 374 g/mol. The van der Waals surface area contributed by atoms with Gasteiger partial charge in [0.2, 0.25) is 0 Å². The number of aliphatic imine (C=N–C) groups is 1. The van der Waals surface area contributed by atoms with E-state index in [1.54, 1.807) is 67.1 Å². The molecule has 0 amide bonds. The standard InChI is InChI=1S/C23H22N2O3/c1-2-3-16-27-21-8-4-19(5-9-21)23(26)28-22-10-6-20(7-11-22)25-17-18-12-14-24-15-13-18/h4-15,17H,2-3,16H2,1H3. The Morgan fingerprint density at radius 2 is 1.64 bits per heavy atom. The molecule has 0 fully saturated rings. The van der Waals surface area contributed by atoms with E-state index in [1.807, 2.05) is 12.1 Å². The Kier molecular flexibility index (Phi) is 6.90. The van der Waals surface area contributed by atoms with Gasteiger partial charge >= 0.3 is 5.97 Å². The van der Waals surface area contributed by atoms with E-state index in [0.29, 0.717) is 17.9 Å². The molecule has 0 unspecified atom stereocenters. The van der Waals surface area contributed by atoms with E-state index in [4.69, 9.17) is 9.47 Å². The van der Waals surface area contributed by atoms with Gasteiger partial charge in [-0.15, -0.1) is 0 Å². The molecule has 142 valence electrons. The van der Waals surface area contributed by atoms with Gasteiger partial charge in [-0.2, -0.15) is 0 Å². The van der Waals surface area contributed by atoms with Gasteiger partial charge in [-0.3, -0.25) is 9.98 Å². The molecule has 0 atom stereocenters. The minimum atomic E-state index is -0.409. The van der Waals surface area contributed by atoms with Crippen molar-refractivity contribution in [2.75, 3.05) is 6.61 Å². The topological polar surface area (TPSA) is 60.8 Å². The summed E-state index contributed by atoms with van der Waals surface area (Å²) in [7, 11) is 0. The molecular formula is C23H22N2O3. The molecule has 3 rings (SSSR count). The van der Waals surface area contributed by atoms with Crippen LogP contribution in [0.3, 0.4) is 0 Å². The molecule has 0 radical (unpaired) electrons. The van der Waals surface area contributed by atoms with Crippen LogP contribution in [0.1, 0.15) is 35.7 Å². The van der Waals surface area contributed by atoms with Crippen LogP contribution >= 0.6 is 0 Å². The van der Waals surface area contributed by atoms with Crippen molar-refractivity contribution >= 4 is 17.9 Å². The van der Waals surface area contributed by atoms with E-state index in [-0.39, 0.29) is 0 Å². The lowest BCUT2D eigenvalue weighted by Gasteiger charge is -2.07. The van der Waals surface area contributed by atoms with Gasteiger partial charge in [-0.05, 0) is 72.6 Å². The minimum Gasteiger partial charge on any atom is -0.494 e. The first-order valence-corrected chi connectivity index (χ1v) is 9.24. The van der Waals surface area contributed by atoms with E-state index in [1.165, 1.54) is 0 Å². The number of carbonyl (C=O) groups excluding carboxylic acids is 1. The van der Waals surface area contributed by atoms with Crippen LogP contribution < -0.4 is 9.47 Å². The predicted molar refractivity (Wildman–Crippen MR) is 110 cm³/mol. The molecule has 0 saturated carbocycles. The summed E-state index contributed by atoms with van der Waals surface area (Å²) in [5.74, 6) is 0.811. The highest BCUT2D eigenvalue weighted by atomic mass is 16.5. The van der Waals surface area contributed by atoms with Gasteiger partial charge in [0.05, 0.1) is 17.9 Å². The van der Waals surface area contributed by atoms with Gasteiger partial charge in [0.25, 0.3) is 0 Å². The monoisotopic (exact) mass is 374 g/mol. The maximum atomic E-state index is 12.3. The number of aromatic nitrogens is 1. The Morgan fingerprint density at radius 1 is 0.964 bits per heavy atom. The molecule has 1 heterocycles. The zero-order valence-corrected chi connectivity index (χ0v) is 15.7. The van der Waals surface area contributed by atoms with Crippen LogP contribution in [0.15, 0.2) is 78.0 Å². The molecule has 0 N–H and O–H groups in total. The maximum Gasteiger partial charge on any atom is 0.343 e. The second-order valence-corrected chi connectivity index (χ2v) is 6.15. The number of nitrogens with zero attached hydrogens (tertiary/aromatic N) is 2. The first kappa shape index (κ1) is 19.3. The first-order chi connectivity index (χ1) is 13.7. The second-order valence-electron chi connectivity index (χ2n) is 6.15. The molecule has 5 heteroatoms. The zero-order valence-electron chi connectivity index (χ0n) is 15.7. The summed E-state index contributed by atoms with van der Waals surface area (Å²) in [6.07, 6.45) is 7.28. The molecule has 0 aliphatic carbocycles. The number of hydrogen-bond acceptors (Lipinski definition) is 5. The molecule has 0 spiro atoms. The fourth-order valence-electron chi connectivity index (χ4n) is 2.39. The fraction of sp³-hybridized carbons (Fsp3) is 0.174. The van der Waals surface area contributed by atoms with E-state index < -0.39 is 5.97 Å². The lowest BCUT2D eigenvalue weighted by molar-refractivity contribution is 0.0734. The minimum absolute atomic E-state index is 0.409. The van der Waals surface area contributed by atoms with Crippen molar-refractivity contribution in [2.45, 2.75) is 19.8 Å². The number of pyridine rings is 1. The van der Waals surface area contributed by atoms with Crippen LogP contribution in [-0.2, 0) is 0 Å². The third kappa shape index (κ3) is 5.77. The fourth-order valence-corrected chi connectivity index (χ4v) is 2.39. The molecule has 28 heavy (non-hydrogen) atoms. The first-order valence-electron chi connectivity index (χ1n) is 9.24. The summed E-state index contributed by atoms with van der Waals surface area (Å²) in [6.45, 7) is 2.79. The summed E-state index contributed by atoms with van der Waals surface area (Å²) in [5, 5.41) is 0. The lowest BCUT2D eigenvalue weighted by Crippen LogP contribution is -2.08. The van der Waals surface area contributed by atoms with Gasteiger partial charge in [0.1, 0.15) is 11.5 Å². The summed E-state index contributed by atoms with van der Waals surface area (Å²) in [4.78, 5) is 20.6. The van der Waals surface area contributed by atoms with Crippen molar-refractivity contribution in [1.29, 1.82) is 0 Å². The Hall–Kier alpha value is -3.47. The molecule has 0 aliphatic rings. The van der Waals surface area contributed by atoms with Crippen LogP contribution in [0.25, 0.3) is 0 Å². The third-order valence-electron chi connectivity index (χ3n) is 3.97. The third-order valence-corrected chi connectivity index (χ3v) is 3.97. The van der Waals surface area contributed by atoms with Crippen LogP contribution in [0.4, 0.5) is 5.69 Å². The van der Waals surface area contributed by atoms with Crippen molar-refractivity contribution in [3.63, 3.8) is 0 Å². The van der Waals surface area contributed by atoms with Crippen molar-refractivity contribution < 1.29 is 14.3 Å². The summed E-state index contributed by atoms with van der Waals surface area (Å²) in [5.41, 5.74) is 2.21. The second kappa shape index (κ2) is 10.0. The van der Waals surface area contributed by atoms with Crippen LogP contribution in [0.5, 0.6) is 11.5 Å². The lowest BCUT2D eigenvalue weighted by atomic mass is 10.2.